The molecule has 36 heavy (non-hydrogen) atoms. The molecule has 0 saturated heterocycles. The molecule has 0 radical (unpaired) electrons. The number of hydrogen-bond donors (Lipinski definition) is 2. The van der Waals surface area contributed by atoms with Crippen molar-refractivity contribution >= 4 is 28.3 Å². The van der Waals surface area contributed by atoms with Crippen molar-refractivity contribution in [3.63, 3.8) is 0 Å². The molecule has 2 aromatic heterocycles. The number of carbonyl (C=O) groups is 1. The SMILES string of the molecule is CCOc1ccc2nc(-c3cccc(OCC(=O)NC(C)(C)C)c3)nc(Nc3cnn(C)c3)c2c1F. The van der Waals surface area contributed by atoms with E-state index in [0.717, 1.165) is 0 Å². The fraction of sp³-hybridized carbons (Fsp3) is 0.308. The van der Waals surface area contributed by atoms with Crippen LogP contribution in [0.1, 0.15) is 27.7 Å². The van der Waals surface area contributed by atoms with Crippen molar-refractivity contribution in [2.75, 3.05) is 18.5 Å². The van der Waals surface area contributed by atoms with Crippen LogP contribution in [-0.2, 0) is 11.8 Å². The highest BCUT2D eigenvalue weighted by atomic mass is 19.1. The van der Waals surface area contributed by atoms with Crippen LogP contribution in [0.2, 0.25) is 0 Å². The lowest BCUT2D eigenvalue weighted by molar-refractivity contribution is -0.124. The predicted octanol–water partition coefficient (Wildman–Crippen LogP) is 4.61. The van der Waals surface area contributed by atoms with E-state index in [1.807, 2.05) is 26.8 Å². The Kier molecular flexibility index (Phi) is 7.05. The molecule has 0 aliphatic carbocycles. The van der Waals surface area contributed by atoms with Crippen LogP contribution in [0, 0.1) is 5.82 Å². The molecular weight excluding hydrogens is 463 g/mol. The number of carbonyl (C=O) groups excluding carboxylic acids is 1. The standard InChI is InChI=1S/C26H29FN6O3/c1-6-35-20-11-10-19-22(23(20)27)25(29-17-13-28-33(5)14-17)31-24(30-19)16-8-7-9-18(12-16)36-15-21(34)32-26(2,3)4/h7-14H,6,15H2,1-5H3,(H,32,34)(H,29,30,31). The average molecular weight is 493 g/mol. The molecule has 0 saturated carbocycles. The molecule has 0 atom stereocenters. The van der Waals surface area contributed by atoms with Gasteiger partial charge in [0.25, 0.3) is 5.91 Å². The van der Waals surface area contributed by atoms with Crippen molar-refractivity contribution in [1.82, 2.24) is 25.1 Å². The summed E-state index contributed by atoms with van der Waals surface area (Å²) in [7, 11) is 1.79. The zero-order chi connectivity index (χ0) is 25.9. The number of fused-ring (bicyclic) bond motifs is 1. The molecule has 10 heteroatoms. The Bertz CT molecular complexity index is 1400. The predicted molar refractivity (Wildman–Crippen MR) is 136 cm³/mol. The average Bonchev–Trinajstić information content (AvgIpc) is 3.23. The quantitative estimate of drug-likeness (QED) is 0.370. The van der Waals surface area contributed by atoms with E-state index in [-0.39, 0.29) is 35.0 Å². The molecule has 0 spiro atoms. The number of amides is 1. The summed E-state index contributed by atoms with van der Waals surface area (Å²) in [4.78, 5) is 21.4. The molecule has 0 aliphatic heterocycles. The van der Waals surface area contributed by atoms with Gasteiger partial charge in [-0.05, 0) is 52.0 Å². The zero-order valence-corrected chi connectivity index (χ0v) is 20.9. The second kappa shape index (κ2) is 10.2. The van der Waals surface area contributed by atoms with Gasteiger partial charge in [-0.3, -0.25) is 9.48 Å². The summed E-state index contributed by atoms with van der Waals surface area (Å²) in [6.07, 6.45) is 3.38. The third kappa shape index (κ3) is 5.88. The van der Waals surface area contributed by atoms with E-state index >= 15 is 4.39 Å². The first-order chi connectivity index (χ1) is 17.1. The van der Waals surface area contributed by atoms with E-state index in [0.29, 0.717) is 34.9 Å². The summed E-state index contributed by atoms with van der Waals surface area (Å²) in [5, 5.41) is 10.4. The first-order valence-electron chi connectivity index (χ1n) is 11.6. The molecule has 2 heterocycles. The number of hydrogen-bond acceptors (Lipinski definition) is 7. The molecule has 0 unspecified atom stereocenters. The monoisotopic (exact) mass is 492 g/mol. The van der Waals surface area contributed by atoms with Gasteiger partial charge in [0, 0.05) is 24.3 Å². The van der Waals surface area contributed by atoms with Crippen LogP contribution in [-0.4, -0.2) is 44.4 Å². The highest BCUT2D eigenvalue weighted by Crippen LogP contribution is 2.34. The lowest BCUT2D eigenvalue weighted by Crippen LogP contribution is -2.43. The maximum absolute atomic E-state index is 15.4. The molecule has 0 aliphatic rings. The molecule has 1 amide bonds. The Morgan fingerprint density at radius 1 is 1.14 bits per heavy atom. The normalized spacial score (nSPS) is 11.4. The summed E-state index contributed by atoms with van der Waals surface area (Å²) in [5.41, 5.74) is 1.35. The van der Waals surface area contributed by atoms with E-state index in [1.54, 1.807) is 61.4 Å². The number of aromatic nitrogens is 4. The number of anilines is 2. The van der Waals surface area contributed by atoms with Crippen LogP contribution in [0.5, 0.6) is 11.5 Å². The van der Waals surface area contributed by atoms with Crippen molar-refractivity contribution in [3.8, 4) is 22.9 Å². The van der Waals surface area contributed by atoms with Crippen LogP contribution >= 0.6 is 0 Å². The van der Waals surface area contributed by atoms with Gasteiger partial charge in [-0.25, -0.2) is 14.4 Å². The van der Waals surface area contributed by atoms with Gasteiger partial charge in [-0.15, -0.1) is 0 Å². The molecule has 2 aromatic carbocycles. The smallest absolute Gasteiger partial charge is 0.258 e. The van der Waals surface area contributed by atoms with Gasteiger partial charge >= 0.3 is 0 Å². The van der Waals surface area contributed by atoms with Gasteiger partial charge < -0.3 is 20.1 Å². The largest absolute Gasteiger partial charge is 0.491 e. The van der Waals surface area contributed by atoms with Gasteiger partial charge in [-0.1, -0.05) is 12.1 Å². The maximum atomic E-state index is 15.4. The van der Waals surface area contributed by atoms with E-state index in [4.69, 9.17) is 9.47 Å². The highest BCUT2D eigenvalue weighted by Gasteiger charge is 2.18. The Labute approximate surface area is 208 Å². The Balaban J connectivity index is 1.71. The second-order valence-electron chi connectivity index (χ2n) is 9.24. The molecule has 4 aromatic rings. The van der Waals surface area contributed by atoms with Crippen molar-refractivity contribution in [2.45, 2.75) is 33.2 Å². The van der Waals surface area contributed by atoms with Crippen molar-refractivity contribution < 1.29 is 18.7 Å². The van der Waals surface area contributed by atoms with Crippen molar-refractivity contribution in [1.29, 1.82) is 0 Å². The van der Waals surface area contributed by atoms with Gasteiger partial charge in [0.2, 0.25) is 0 Å². The van der Waals surface area contributed by atoms with Crippen LogP contribution in [0.4, 0.5) is 15.9 Å². The van der Waals surface area contributed by atoms with Gasteiger partial charge in [-0.2, -0.15) is 5.10 Å². The molecule has 9 nitrogen and oxygen atoms in total. The van der Waals surface area contributed by atoms with Gasteiger partial charge in [0.1, 0.15) is 11.6 Å². The Hall–Kier alpha value is -4.21. The molecule has 0 bridgehead atoms. The molecular formula is C26H29FN6O3. The Morgan fingerprint density at radius 2 is 1.94 bits per heavy atom. The summed E-state index contributed by atoms with van der Waals surface area (Å²) in [6.45, 7) is 7.70. The first kappa shape index (κ1) is 24.9. The number of aryl methyl sites for hydroxylation is 1. The number of benzene rings is 2. The third-order valence-electron chi connectivity index (χ3n) is 5.01. The van der Waals surface area contributed by atoms with E-state index in [2.05, 4.69) is 25.7 Å². The van der Waals surface area contributed by atoms with Crippen LogP contribution in [0.25, 0.3) is 22.3 Å². The first-order valence-corrected chi connectivity index (χ1v) is 11.6. The topological polar surface area (TPSA) is 103 Å². The number of nitrogens with zero attached hydrogens (tertiary/aromatic N) is 4. The Morgan fingerprint density at radius 3 is 2.64 bits per heavy atom. The number of nitrogens with one attached hydrogen (secondary N) is 2. The van der Waals surface area contributed by atoms with E-state index in [1.165, 1.54) is 0 Å². The van der Waals surface area contributed by atoms with Gasteiger partial charge in [0.05, 0.1) is 29.4 Å². The maximum Gasteiger partial charge on any atom is 0.258 e. The summed E-state index contributed by atoms with van der Waals surface area (Å²) < 4.78 is 28.1. The number of rotatable bonds is 8. The summed E-state index contributed by atoms with van der Waals surface area (Å²) >= 11 is 0. The molecule has 4 rings (SSSR count). The minimum Gasteiger partial charge on any atom is -0.491 e. The lowest BCUT2D eigenvalue weighted by atomic mass is 10.1. The van der Waals surface area contributed by atoms with Gasteiger partial charge in [0.15, 0.2) is 24.0 Å². The molecule has 2 N–H and O–H groups in total. The number of ether oxygens (including phenoxy) is 2. The zero-order valence-electron chi connectivity index (χ0n) is 20.9. The fourth-order valence-electron chi connectivity index (χ4n) is 3.60. The third-order valence-corrected chi connectivity index (χ3v) is 5.01. The summed E-state index contributed by atoms with van der Waals surface area (Å²) in [6, 6.07) is 10.3. The second-order valence-corrected chi connectivity index (χ2v) is 9.24. The molecule has 0 fully saturated rings. The lowest BCUT2D eigenvalue weighted by Gasteiger charge is -2.20. The highest BCUT2D eigenvalue weighted by molar-refractivity contribution is 5.94. The van der Waals surface area contributed by atoms with Crippen LogP contribution < -0.4 is 20.1 Å². The van der Waals surface area contributed by atoms with E-state index < -0.39 is 5.82 Å². The van der Waals surface area contributed by atoms with Crippen LogP contribution in [0.15, 0.2) is 48.8 Å². The van der Waals surface area contributed by atoms with Crippen LogP contribution in [0.3, 0.4) is 0 Å². The minimum absolute atomic E-state index is 0.125. The minimum atomic E-state index is -0.547. The van der Waals surface area contributed by atoms with Crippen molar-refractivity contribution in [2.24, 2.45) is 7.05 Å². The fourth-order valence-corrected chi connectivity index (χ4v) is 3.60. The van der Waals surface area contributed by atoms with Crippen molar-refractivity contribution in [3.05, 3.63) is 54.6 Å². The van der Waals surface area contributed by atoms with E-state index in [9.17, 15) is 4.79 Å². The summed E-state index contributed by atoms with van der Waals surface area (Å²) in [5.74, 6) is 0.479. The number of halogens is 1. The molecule has 188 valence electrons.